The number of hydrogen-bond acceptors (Lipinski definition) is 5. The van der Waals surface area contributed by atoms with Gasteiger partial charge in [-0.15, -0.1) is 0 Å². The molecule has 4 unspecified atom stereocenters. The molecule has 2 rings (SSSR count). The summed E-state index contributed by atoms with van der Waals surface area (Å²) in [5, 5.41) is 9.16. The van der Waals surface area contributed by atoms with Crippen LogP contribution in [0.3, 0.4) is 0 Å². The van der Waals surface area contributed by atoms with Gasteiger partial charge in [0.05, 0.1) is 19.8 Å². The van der Waals surface area contributed by atoms with E-state index >= 15 is 0 Å². The van der Waals surface area contributed by atoms with Crippen molar-refractivity contribution < 1.29 is 19.1 Å². The zero-order valence-corrected chi connectivity index (χ0v) is 13.5. The molecule has 1 aliphatic carbocycles. The number of piperidine rings is 1. The zero-order valence-electron chi connectivity index (χ0n) is 13.5. The maximum absolute atomic E-state index is 12.6. The average Bonchev–Trinajstić information content (AvgIpc) is 2.54. The summed E-state index contributed by atoms with van der Waals surface area (Å²) < 4.78 is 10.1. The van der Waals surface area contributed by atoms with E-state index in [1.165, 1.54) is 12.0 Å². The third-order valence-electron chi connectivity index (χ3n) is 5.25. The van der Waals surface area contributed by atoms with Gasteiger partial charge in [-0.3, -0.25) is 4.90 Å². The van der Waals surface area contributed by atoms with Crippen LogP contribution in [-0.2, 0) is 14.3 Å². The van der Waals surface area contributed by atoms with E-state index in [1.807, 2.05) is 0 Å². The number of methoxy groups -OCH3 is 1. The van der Waals surface area contributed by atoms with Crippen molar-refractivity contribution in [1.29, 1.82) is 5.26 Å². The summed E-state index contributed by atoms with van der Waals surface area (Å²) in [6, 6.07) is 2.34. The van der Waals surface area contributed by atoms with Crippen molar-refractivity contribution >= 4 is 12.1 Å². The smallest absolute Gasteiger partial charge is 0.410 e. The van der Waals surface area contributed by atoms with Crippen LogP contribution in [0, 0.1) is 29.1 Å². The Kier molecular flexibility index (Phi) is 4.94. The molecule has 122 valence electrons. The maximum atomic E-state index is 12.6. The van der Waals surface area contributed by atoms with Gasteiger partial charge in [0.25, 0.3) is 0 Å². The summed E-state index contributed by atoms with van der Waals surface area (Å²) in [5.74, 6) is -0.0272. The molecule has 1 aliphatic heterocycles. The number of esters is 1. The summed E-state index contributed by atoms with van der Waals surface area (Å²) in [6.45, 7) is 4.28. The monoisotopic (exact) mass is 308 g/mol. The van der Waals surface area contributed by atoms with E-state index in [2.05, 4.69) is 6.07 Å². The second-order valence-corrected chi connectivity index (χ2v) is 6.28. The molecular formula is C16H24N2O4. The van der Waals surface area contributed by atoms with E-state index in [0.717, 1.165) is 25.7 Å². The SMILES string of the molecule is CCOC(=O)C1(C)C2CCC(C#N)CC2CCN1C(=O)OC. The molecule has 0 spiro atoms. The molecule has 6 heteroatoms. The Morgan fingerprint density at radius 3 is 2.68 bits per heavy atom. The number of hydrogen-bond donors (Lipinski definition) is 0. The number of nitrogens with zero attached hydrogens (tertiary/aromatic N) is 2. The minimum absolute atomic E-state index is 0.0176. The Labute approximate surface area is 131 Å². The number of carbonyl (C=O) groups excluding carboxylic acids is 2. The van der Waals surface area contributed by atoms with Crippen LogP contribution in [0.5, 0.6) is 0 Å². The molecule has 1 heterocycles. The molecule has 0 radical (unpaired) electrons. The lowest BCUT2D eigenvalue weighted by molar-refractivity contribution is -0.167. The summed E-state index contributed by atoms with van der Waals surface area (Å²) in [6.07, 6.45) is 2.63. The Hall–Kier alpha value is -1.77. The minimum atomic E-state index is -1.01. The summed E-state index contributed by atoms with van der Waals surface area (Å²) >= 11 is 0. The summed E-state index contributed by atoms with van der Waals surface area (Å²) in [4.78, 5) is 26.3. The van der Waals surface area contributed by atoms with Crippen molar-refractivity contribution in [3.63, 3.8) is 0 Å². The fraction of sp³-hybridized carbons (Fsp3) is 0.812. The Bertz CT molecular complexity index is 487. The van der Waals surface area contributed by atoms with Crippen LogP contribution in [0.1, 0.15) is 39.5 Å². The first kappa shape index (κ1) is 16.6. The Balaban J connectivity index is 2.33. The molecule has 4 atom stereocenters. The average molecular weight is 308 g/mol. The van der Waals surface area contributed by atoms with Gasteiger partial charge >= 0.3 is 12.1 Å². The predicted molar refractivity (Wildman–Crippen MR) is 78.7 cm³/mol. The summed E-state index contributed by atoms with van der Waals surface area (Å²) in [5.41, 5.74) is -1.01. The first-order valence-corrected chi connectivity index (χ1v) is 7.91. The first-order chi connectivity index (χ1) is 10.5. The van der Waals surface area contributed by atoms with Crippen molar-refractivity contribution in [2.24, 2.45) is 17.8 Å². The van der Waals surface area contributed by atoms with Crippen LogP contribution in [0.25, 0.3) is 0 Å². The van der Waals surface area contributed by atoms with E-state index in [0.29, 0.717) is 6.54 Å². The molecule has 1 saturated carbocycles. The van der Waals surface area contributed by atoms with Crippen molar-refractivity contribution in [3.05, 3.63) is 0 Å². The predicted octanol–water partition coefficient (Wildman–Crippen LogP) is 2.34. The van der Waals surface area contributed by atoms with Gasteiger partial charge in [0.15, 0.2) is 0 Å². The quantitative estimate of drug-likeness (QED) is 0.731. The van der Waals surface area contributed by atoms with Crippen LogP contribution in [-0.4, -0.2) is 42.8 Å². The van der Waals surface area contributed by atoms with E-state index < -0.39 is 11.6 Å². The number of nitriles is 1. The number of amides is 1. The fourth-order valence-corrected chi connectivity index (χ4v) is 4.10. The molecule has 1 amide bonds. The zero-order chi connectivity index (χ0) is 16.3. The topological polar surface area (TPSA) is 79.6 Å². The summed E-state index contributed by atoms with van der Waals surface area (Å²) in [7, 11) is 1.33. The largest absolute Gasteiger partial charge is 0.464 e. The minimum Gasteiger partial charge on any atom is -0.464 e. The second-order valence-electron chi connectivity index (χ2n) is 6.28. The molecule has 0 bridgehead atoms. The number of carbonyl (C=O) groups is 2. The number of likely N-dealkylation sites (tertiary alicyclic amines) is 1. The van der Waals surface area contributed by atoms with E-state index in [4.69, 9.17) is 14.7 Å². The lowest BCUT2D eigenvalue weighted by atomic mass is 9.62. The van der Waals surface area contributed by atoms with Crippen LogP contribution >= 0.6 is 0 Å². The van der Waals surface area contributed by atoms with Crippen LogP contribution in [0.4, 0.5) is 4.79 Å². The highest BCUT2D eigenvalue weighted by Gasteiger charge is 2.56. The van der Waals surface area contributed by atoms with E-state index in [-0.39, 0.29) is 30.3 Å². The maximum Gasteiger partial charge on any atom is 0.410 e. The molecule has 0 aromatic heterocycles. The molecule has 22 heavy (non-hydrogen) atoms. The molecule has 0 N–H and O–H groups in total. The highest BCUT2D eigenvalue weighted by Crippen LogP contribution is 2.47. The second kappa shape index (κ2) is 6.55. The molecule has 2 aliphatic rings. The lowest BCUT2D eigenvalue weighted by Gasteiger charge is -2.52. The van der Waals surface area contributed by atoms with Gasteiger partial charge in [-0.05, 0) is 51.4 Å². The van der Waals surface area contributed by atoms with Gasteiger partial charge in [0, 0.05) is 12.5 Å². The van der Waals surface area contributed by atoms with E-state index in [1.54, 1.807) is 13.8 Å². The standard InChI is InChI=1S/C16H24N2O4/c1-4-22-14(19)16(2)13-6-5-11(10-17)9-12(13)7-8-18(16)15(20)21-3/h11-13H,4-9H2,1-3H3. The fourth-order valence-electron chi connectivity index (χ4n) is 4.10. The molecule has 1 saturated heterocycles. The third-order valence-corrected chi connectivity index (χ3v) is 5.25. The van der Waals surface area contributed by atoms with Gasteiger partial charge in [-0.2, -0.15) is 5.26 Å². The van der Waals surface area contributed by atoms with Crippen LogP contribution < -0.4 is 0 Å². The number of fused-ring (bicyclic) bond motifs is 1. The first-order valence-electron chi connectivity index (χ1n) is 7.91. The highest BCUT2D eigenvalue weighted by molar-refractivity contribution is 5.86. The van der Waals surface area contributed by atoms with Crippen molar-refractivity contribution in [3.8, 4) is 6.07 Å². The Morgan fingerprint density at radius 2 is 2.09 bits per heavy atom. The van der Waals surface area contributed by atoms with Crippen LogP contribution in [0.2, 0.25) is 0 Å². The van der Waals surface area contributed by atoms with Gasteiger partial charge in [0.1, 0.15) is 5.54 Å². The van der Waals surface area contributed by atoms with Crippen molar-refractivity contribution in [1.82, 2.24) is 4.90 Å². The van der Waals surface area contributed by atoms with Gasteiger partial charge in [0.2, 0.25) is 0 Å². The van der Waals surface area contributed by atoms with Crippen LogP contribution in [0.15, 0.2) is 0 Å². The normalized spacial score (nSPS) is 34.3. The van der Waals surface area contributed by atoms with Gasteiger partial charge < -0.3 is 9.47 Å². The molecule has 0 aromatic carbocycles. The van der Waals surface area contributed by atoms with Crippen molar-refractivity contribution in [2.45, 2.75) is 45.1 Å². The third kappa shape index (κ3) is 2.65. The van der Waals surface area contributed by atoms with Gasteiger partial charge in [-0.1, -0.05) is 0 Å². The molecule has 6 nitrogen and oxygen atoms in total. The lowest BCUT2D eigenvalue weighted by Crippen LogP contribution is -2.65. The van der Waals surface area contributed by atoms with Gasteiger partial charge in [-0.25, -0.2) is 9.59 Å². The Morgan fingerprint density at radius 1 is 1.36 bits per heavy atom. The molecular weight excluding hydrogens is 284 g/mol. The molecule has 0 aromatic rings. The number of rotatable bonds is 2. The van der Waals surface area contributed by atoms with Crippen molar-refractivity contribution in [2.75, 3.05) is 20.3 Å². The highest BCUT2D eigenvalue weighted by atomic mass is 16.6. The molecule has 2 fully saturated rings. The number of ether oxygens (including phenoxy) is 2. The van der Waals surface area contributed by atoms with E-state index in [9.17, 15) is 9.59 Å².